The molecule has 2 atom stereocenters. The first-order chi connectivity index (χ1) is 9.21. The zero-order valence-electron chi connectivity index (χ0n) is 12.2. The normalized spacial score (nSPS) is 32.6. The molecule has 0 aromatic carbocycles. The van der Waals surface area contributed by atoms with Gasteiger partial charge in [-0.3, -0.25) is 4.90 Å². The van der Waals surface area contributed by atoms with Crippen LogP contribution in [0.25, 0.3) is 0 Å². The van der Waals surface area contributed by atoms with Crippen molar-refractivity contribution in [1.82, 2.24) is 10.2 Å². The molecule has 1 aliphatic carbocycles. The topological polar surface area (TPSA) is 15.3 Å². The fourth-order valence-electron chi connectivity index (χ4n) is 3.50. The van der Waals surface area contributed by atoms with E-state index in [-0.39, 0.29) is 0 Å². The van der Waals surface area contributed by atoms with Gasteiger partial charge in [0.2, 0.25) is 0 Å². The Morgan fingerprint density at radius 1 is 1.47 bits per heavy atom. The highest BCUT2D eigenvalue weighted by molar-refractivity contribution is 7.07. The van der Waals surface area contributed by atoms with E-state index in [4.69, 9.17) is 0 Å². The number of rotatable bonds is 5. The van der Waals surface area contributed by atoms with E-state index in [0.29, 0.717) is 5.54 Å². The number of thiophene rings is 1. The Labute approximate surface area is 121 Å². The summed E-state index contributed by atoms with van der Waals surface area (Å²) in [6, 6.07) is 3.00. The first kappa shape index (κ1) is 13.6. The molecule has 2 nitrogen and oxygen atoms in total. The lowest BCUT2D eigenvalue weighted by Gasteiger charge is -2.47. The van der Waals surface area contributed by atoms with Crippen molar-refractivity contribution in [2.24, 2.45) is 5.92 Å². The smallest absolute Gasteiger partial charge is 0.0309 e. The van der Waals surface area contributed by atoms with E-state index in [9.17, 15) is 0 Å². The summed E-state index contributed by atoms with van der Waals surface area (Å²) in [6.07, 6.45) is 5.45. The van der Waals surface area contributed by atoms with Crippen molar-refractivity contribution in [3.8, 4) is 0 Å². The van der Waals surface area contributed by atoms with Gasteiger partial charge in [-0.05, 0) is 54.5 Å². The molecule has 0 radical (unpaired) electrons. The fraction of sp³-hybridized carbons (Fsp3) is 0.750. The van der Waals surface area contributed by atoms with E-state index in [1.54, 1.807) is 0 Å². The van der Waals surface area contributed by atoms with Gasteiger partial charge in [-0.1, -0.05) is 13.3 Å². The van der Waals surface area contributed by atoms with E-state index in [0.717, 1.165) is 18.5 Å². The minimum Gasteiger partial charge on any atom is -0.308 e. The first-order valence-corrected chi connectivity index (χ1v) is 8.65. The highest BCUT2D eigenvalue weighted by atomic mass is 32.1. The molecule has 19 heavy (non-hydrogen) atoms. The van der Waals surface area contributed by atoms with Crippen molar-refractivity contribution in [1.29, 1.82) is 0 Å². The molecule has 2 aliphatic rings. The summed E-state index contributed by atoms with van der Waals surface area (Å²) in [7, 11) is 0. The summed E-state index contributed by atoms with van der Waals surface area (Å²) in [4.78, 5) is 2.74. The lowest BCUT2D eigenvalue weighted by molar-refractivity contribution is 0.0640. The summed E-state index contributed by atoms with van der Waals surface area (Å²) >= 11 is 1.82. The molecule has 2 heterocycles. The standard InChI is InChI=1S/C16H26N2S/c1-3-4-15-9-17-16(2,14-5-6-14)12-18(15)10-13-7-8-19-11-13/h7-8,11,14-15,17H,3-6,9-10,12H2,1-2H3. The minimum atomic E-state index is 0.361. The molecule has 106 valence electrons. The molecule has 1 aromatic rings. The number of piperazine rings is 1. The largest absolute Gasteiger partial charge is 0.308 e. The maximum absolute atomic E-state index is 3.86. The number of nitrogens with one attached hydrogen (secondary N) is 1. The van der Waals surface area contributed by atoms with Crippen LogP contribution in [0.1, 0.15) is 45.1 Å². The summed E-state index contributed by atoms with van der Waals surface area (Å²) in [5.74, 6) is 0.917. The molecule has 1 aliphatic heterocycles. The molecule has 1 saturated heterocycles. The third kappa shape index (κ3) is 3.04. The molecule has 1 saturated carbocycles. The van der Waals surface area contributed by atoms with Crippen LogP contribution in [0.3, 0.4) is 0 Å². The maximum atomic E-state index is 3.86. The van der Waals surface area contributed by atoms with Crippen LogP contribution in [0.5, 0.6) is 0 Å². The minimum absolute atomic E-state index is 0.361. The van der Waals surface area contributed by atoms with Crippen molar-refractivity contribution in [2.45, 2.75) is 57.7 Å². The molecule has 2 unspecified atom stereocenters. The van der Waals surface area contributed by atoms with Gasteiger partial charge < -0.3 is 5.32 Å². The molecule has 0 spiro atoms. The van der Waals surface area contributed by atoms with Gasteiger partial charge in [0.25, 0.3) is 0 Å². The summed E-state index contributed by atoms with van der Waals surface area (Å²) in [5, 5.41) is 8.37. The molecule has 2 fully saturated rings. The zero-order valence-corrected chi connectivity index (χ0v) is 13.0. The Kier molecular flexibility index (Phi) is 3.97. The van der Waals surface area contributed by atoms with E-state index < -0.39 is 0 Å². The van der Waals surface area contributed by atoms with Gasteiger partial charge in [-0.2, -0.15) is 11.3 Å². The highest BCUT2D eigenvalue weighted by Crippen LogP contribution is 2.41. The van der Waals surface area contributed by atoms with E-state index in [1.807, 2.05) is 11.3 Å². The lowest BCUT2D eigenvalue weighted by atomic mass is 9.89. The van der Waals surface area contributed by atoms with Gasteiger partial charge in [0.15, 0.2) is 0 Å². The zero-order chi connectivity index (χ0) is 13.3. The van der Waals surface area contributed by atoms with Gasteiger partial charge >= 0.3 is 0 Å². The van der Waals surface area contributed by atoms with Gasteiger partial charge in [0.1, 0.15) is 0 Å². The second kappa shape index (κ2) is 5.55. The molecule has 3 rings (SSSR count). The average Bonchev–Trinajstić information content (AvgIpc) is 3.14. The average molecular weight is 278 g/mol. The van der Waals surface area contributed by atoms with E-state index >= 15 is 0 Å². The second-order valence-electron chi connectivity index (χ2n) is 6.55. The van der Waals surface area contributed by atoms with Gasteiger partial charge in [0.05, 0.1) is 0 Å². The predicted octanol–water partition coefficient (Wildman–Crippen LogP) is 3.49. The lowest BCUT2D eigenvalue weighted by Crippen LogP contribution is -2.63. The molecule has 0 bridgehead atoms. The number of hydrogen-bond acceptors (Lipinski definition) is 3. The van der Waals surface area contributed by atoms with Crippen LogP contribution in [-0.4, -0.2) is 29.6 Å². The van der Waals surface area contributed by atoms with Crippen LogP contribution in [0.2, 0.25) is 0 Å². The Morgan fingerprint density at radius 2 is 2.32 bits per heavy atom. The number of hydrogen-bond donors (Lipinski definition) is 1. The van der Waals surface area contributed by atoms with Crippen molar-refractivity contribution < 1.29 is 0 Å². The van der Waals surface area contributed by atoms with Crippen LogP contribution in [0.4, 0.5) is 0 Å². The Hall–Kier alpha value is -0.380. The third-order valence-corrected chi connectivity index (χ3v) is 5.59. The van der Waals surface area contributed by atoms with E-state index in [1.165, 1.54) is 44.3 Å². The summed E-state index contributed by atoms with van der Waals surface area (Å²) in [5.41, 5.74) is 1.85. The van der Waals surface area contributed by atoms with Gasteiger partial charge in [-0.25, -0.2) is 0 Å². The quantitative estimate of drug-likeness (QED) is 0.887. The Morgan fingerprint density at radius 3 is 2.95 bits per heavy atom. The van der Waals surface area contributed by atoms with Gasteiger partial charge in [-0.15, -0.1) is 0 Å². The SMILES string of the molecule is CCCC1CNC(C)(C2CC2)CN1Cc1ccsc1. The van der Waals surface area contributed by atoms with Crippen molar-refractivity contribution in [3.63, 3.8) is 0 Å². The molecule has 1 aromatic heterocycles. The maximum Gasteiger partial charge on any atom is 0.0309 e. The molecule has 3 heteroatoms. The highest BCUT2D eigenvalue weighted by Gasteiger charge is 2.45. The van der Waals surface area contributed by atoms with Crippen LogP contribution in [-0.2, 0) is 6.54 Å². The van der Waals surface area contributed by atoms with Crippen LogP contribution >= 0.6 is 11.3 Å². The molecular formula is C16H26N2S. The Bertz CT molecular complexity index is 399. The van der Waals surface area contributed by atoms with Crippen molar-refractivity contribution >= 4 is 11.3 Å². The van der Waals surface area contributed by atoms with Gasteiger partial charge in [0, 0.05) is 31.2 Å². The summed E-state index contributed by atoms with van der Waals surface area (Å²) in [6.45, 7) is 8.27. The molecular weight excluding hydrogens is 252 g/mol. The van der Waals surface area contributed by atoms with E-state index in [2.05, 4.69) is 40.9 Å². The third-order valence-electron chi connectivity index (χ3n) is 4.86. The van der Waals surface area contributed by atoms with Crippen LogP contribution in [0.15, 0.2) is 16.8 Å². The predicted molar refractivity (Wildman–Crippen MR) is 82.6 cm³/mol. The molecule has 0 amide bonds. The number of nitrogens with zero attached hydrogens (tertiary/aromatic N) is 1. The van der Waals surface area contributed by atoms with Crippen molar-refractivity contribution in [3.05, 3.63) is 22.4 Å². The van der Waals surface area contributed by atoms with Crippen LogP contribution in [0, 0.1) is 5.92 Å². The summed E-state index contributed by atoms with van der Waals surface area (Å²) < 4.78 is 0. The fourth-order valence-corrected chi connectivity index (χ4v) is 4.16. The van der Waals surface area contributed by atoms with Crippen molar-refractivity contribution in [2.75, 3.05) is 13.1 Å². The van der Waals surface area contributed by atoms with Crippen LogP contribution < -0.4 is 5.32 Å². The second-order valence-corrected chi connectivity index (χ2v) is 7.33. The first-order valence-electron chi connectivity index (χ1n) is 7.71. The monoisotopic (exact) mass is 278 g/mol. The molecule has 1 N–H and O–H groups in total. The Balaban J connectivity index is 1.70.